The Bertz CT molecular complexity index is 981. The number of anilines is 3. The molecular formula is C19H14ClN5. The highest BCUT2D eigenvalue weighted by molar-refractivity contribution is 6.32. The zero-order valence-corrected chi connectivity index (χ0v) is 13.9. The van der Waals surface area contributed by atoms with Crippen LogP contribution in [0.1, 0.15) is 11.1 Å². The van der Waals surface area contributed by atoms with Crippen LogP contribution in [0.3, 0.4) is 0 Å². The molecule has 0 saturated carbocycles. The minimum Gasteiger partial charge on any atom is -0.338 e. The molecular weight excluding hydrogens is 334 g/mol. The topological polar surface area (TPSA) is 75.9 Å². The summed E-state index contributed by atoms with van der Waals surface area (Å²) >= 11 is 5.96. The van der Waals surface area contributed by atoms with Gasteiger partial charge in [0.15, 0.2) is 5.82 Å². The predicted molar refractivity (Wildman–Crippen MR) is 102 cm³/mol. The SMILES string of the molecule is N=C(c1ccc(Cl)cc1)N1C(=N)c2ccccc2Nc2ncccc21. The maximum absolute atomic E-state index is 8.71. The number of hydrogen-bond donors (Lipinski definition) is 3. The van der Waals surface area contributed by atoms with Crippen LogP contribution in [0.2, 0.25) is 5.02 Å². The second-order valence-electron chi connectivity index (χ2n) is 5.58. The summed E-state index contributed by atoms with van der Waals surface area (Å²) in [6.45, 7) is 0. The van der Waals surface area contributed by atoms with Crippen molar-refractivity contribution in [1.29, 1.82) is 10.8 Å². The van der Waals surface area contributed by atoms with Gasteiger partial charge in [0, 0.05) is 22.3 Å². The normalized spacial score (nSPS) is 12.7. The van der Waals surface area contributed by atoms with Crippen LogP contribution in [0.15, 0.2) is 66.9 Å². The molecule has 0 atom stereocenters. The van der Waals surface area contributed by atoms with Gasteiger partial charge in [-0.2, -0.15) is 0 Å². The Morgan fingerprint density at radius 2 is 1.76 bits per heavy atom. The Balaban J connectivity index is 1.89. The zero-order chi connectivity index (χ0) is 17.4. The Kier molecular flexibility index (Phi) is 3.71. The van der Waals surface area contributed by atoms with Gasteiger partial charge in [0.1, 0.15) is 11.7 Å². The van der Waals surface area contributed by atoms with E-state index in [4.69, 9.17) is 22.4 Å². The van der Waals surface area contributed by atoms with Crippen molar-refractivity contribution in [3.63, 3.8) is 0 Å². The Labute approximate surface area is 149 Å². The van der Waals surface area contributed by atoms with E-state index in [1.807, 2.05) is 30.3 Å². The summed E-state index contributed by atoms with van der Waals surface area (Å²) in [4.78, 5) is 5.97. The summed E-state index contributed by atoms with van der Waals surface area (Å²) in [7, 11) is 0. The average molecular weight is 348 g/mol. The summed E-state index contributed by atoms with van der Waals surface area (Å²) in [5, 5.41) is 21.3. The Morgan fingerprint density at radius 3 is 2.56 bits per heavy atom. The quantitative estimate of drug-likeness (QED) is 0.443. The maximum Gasteiger partial charge on any atom is 0.154 e. The van der Waals surface area contributed by atoms with E-state index >= 15 is 0 Å². The molecule has 6 heteroatoms. The van der Waals surface area contributed by atoms with E-state index in [-0.39, 0.29) is 11.7 Å². The zero-order valence-electron chi connectivity index (χ0n) is 13.1. The molecule has 5 nitrogen and oxygen atoms in total. The first-order chi connectivity index (χ1) is 12.1. The van der Waals surface area contributed by atoms with Crippen LogP contribution in [0.5, 0.6) is 0 Å². The summed E-state index contributed by atoms with van der Waals surface area (Å²) in [5.41, 5.74) is 2.82. The molecule has 0 radical (unpaired) electrons. The van der Waals surface area contributed by atoms with Gasteiger partial charge < -0.3 is 5.32 Å². The lowest BCUT2D eigenvalue weighted by atomic mass is 10.1. The van der Waals surface area contributed by atoms with Gasteiger partial charge in [-0.05, 0) is 48.5 Å². The van der Waals surface area contributed by atoms with Crippen molar-refractivity contribution < 1.29 is 0 Å². The minimum absolute atomic E-state index is 0.189. The van der Waals surface area contributed by atoms with Crippen LogP contribution in [-0.4, -0.2) is 16.7 Å². The second kappa shape index (κ2) is 6.03. The molecule has 0 fully saturated rings. The number of hydrogen-bond acceptors (Lipinski definition) is 4. The number of aromatic nitrogens is 1. The van der Waals surface area contributed by atoms with E-state index in [2.05, 4.69) is 10.3 Å². The minimum atomic E-state index is 0.189. The highest BCUT2D eigenvalue weighted by Crippen LogP contribution is 2.34. The lowest BCUT2D eigenvalue weighted by Crippen LogP contribution is -2.36. The predicted octanol–water partition coefficient (Wildman–Crippen LogP) is 4.65. The van der Waals surface area contributed by atoms with Crippen LogP contribution >= 0.6 is 11.6 Å². The third-order valence-corrected chi connectivity index (χ3v) is 4.28. The Hall–Kier alpha value is -3.18. The first-order valence-electron chi connectivity index (χ1n) is 7.70. The summed E-state index contributed by atoms with van der Waals surface area (Å²) in [6.07, 6.45) is 1.69. The number of halogens is 1. The van der Waals surface area contributed by atoms with Gasteiger partial charge in [-0.25, -0.2) is 4.98 Å². The average Bonchev–Trinajstić information content (AvgIpc) is 2.76. The molecule has 0 saturated heterocycles. The number of rotatable bonds is 1. The van der Waals surface area contributed by atoms with Gasteiger partial charge in [0.05, 0.1) is 11.4 Å². The van der Waals surface area contributed by atoms with E-state index in [0.717, 1.165) is 5.69 Å². The van der Waals surface area contributed by atoms with Crippen molar-refractivity contribution >= 4 is 40.5 Å². The number of benzene rings is 2. The molecule has 3 N–H and O–H groups in total. The summed E-state index contributed by atoms with van der Waals surface area (Å²) in [5.74, 6) is 1.01. The van der Waals surface area contributed by atoms with Crippen molar-refractivity contribution in [2.45, 2.75) is 0 Å². The van der Waals surface area contributed by atoms with Crippen molar-refractivity contribution in [1.82, 2.24) is 4.98 Å². The molecule has 2 heterocycles. The molecule has 1 aliphatic heterocycles. The molecule has 25 heavy (non-hydrogen) atoms. The van der Waals surface area contributed by atoms with Gasteiger partial charge in [-0.1, -0.05) is 23.7 Å². The van der Waals surface area contributed by atoms with E-state index in [1.165, 1.54) is 0 Å². The maximum atomic E-state index is 8.71. The highest BCUT2D eigenvalue weighted by atomic mass is 35.5. The monoisotopic (exact) mass is 347 g/mol. The van der Waals surface area contributed by atoms with E-state index in [9.17, 15) is 0 Å². The van der Waals surface area contributed by atoms with Gasteiger partial charge in [-0.3, -0.25) is 15.7 Å². The molecule has 122 valence electrons. The molecule has 2 aromatic carbocycles. The number of nitrogens with one attached hydrogen (secondary N) is 3. The molecule has 4 rings (SSSR count). The fourth-order valence-electron chi connectivity index (χ4n) is 2.81. The van der Waals surface area contributed by atoms with Gasteiger partial charge in [-0.15, -0.1) is 0 Å². The highest BCUT2D eigenvalue weighted by Gasteiger charge is 2.28. The molecule has 3 aromatic rings. The fraction of sp³-hybridized carbons (Fsp3) is 0. The molecule has 0 bridgehead atoms. The van der Waals surface area contributed by atoms with Crippen molar-refractivity contribution in [2.75, 3.05) is 10.2 Å². The van der Waals surface area contributed by atoms with Crippen LogP contribution in [0.4, 0.5) is 17.2 Å². The van der Waals surface area contributed by atoms with Crippen molar-refractivity contribution in [2.24, 2.45) is 0 Å². The first-order valence-corrected chi connectivity index (χ1v) is 8.07. The fourth-order valence-corrected chi connectivity index (χ4v) is 2.94. The molecule has 0 aliphatic carbocycles. The third-order valence-electron chi connectivity index (χ3n) is 4.03. The Morgan fingerprint density at radius 1 is 1.00 bits per heavy atom. The third kappa shape index (κ3) is 2.64. The number of para-hydroxylation sites is 1. The van der Waals surface area contributed by atoms with Crippen LogP contribution < -0.4 is 10.2 Å². The van der Waals surface area contributed by atoms with E-state index in [0.29, 0.717) is 27.7 Å². The van der Waals surface area contributed by atoms with Gasteiger partial charge in [0.25, 0.3) is 0 Å². The van der Waals surface area contributed by atoms with Crippen LogP contribution in [0, 0.1) is 10.8 Å². The first kappa shape index (κ1) is 15.4. The number of pyridine rings is 1. The summed E-state index contributed by atoms with van der Waals surface area (Å²) in [6, 6.07) is 18.2. The largest absolute Gasteiger partial charge is 0.338 e. The van der Waals surface area contributed by atoms with Crippen LogP contribution in [0.25, 0.3) is 0 Å². The molecule has 1 aliphatic rings. The lowest BCUT2D eigenvalue weighted by molar-refractivity contribution is 1.26. The molecule has 0 amide bonds. The lowest BCUT2D eigenvalue weighted by Gasteiger charge is -2.25. The molecule has 1 aromatic heterocycles. The van der Waals surface area contributed by atoms with Gasteiger partial charge in [0.2, 0.25) is 0 Å². The van der Waals surface area contributed by atoms with E-state index < -0.39 is 0 Å². The molecule has 0 unspecified atom stereocenters. The summed E-state index contributed by atoms with van der Waals surface area (Å²) < 4.78 is 0. The van der Waals surface area contributed by atoms with E-state index in [1.54, 1.807) is 41.4 Å². The second-order valence-corrected chi connectivity index (χ2v) is 6.02. The number of nitrogens with zero attached hydrogens (tertiary/aromatic N) is 2. The standard InChI is InChI=1S/C19H14ClN5/c20-13-9-7-12(8-10-13)17(21)25-16-6-3-11-23-19(16)24-15-5-2-1-4-14(15)18(25)22/h1-11,21-22H,(H,23,24). The number of fused-ring (bicyclic) bond motifs is 2. The van der Waals surface area contributed by atoms with Gasteiger partial charge >= 0.3 is 0 Å². The van der Waals surface area contributed by atoms with Crippen molar-refractivity contribution in [3.8, 4) is 0 Å². The van der Waals surface area contributed by atoms with Crippen molar-refractivity contribution in [3.05, 3.63) is 83.0 Å². The number of amidine groups is 2. The smallest absolute Gasteiger partial charge is 0.154 e. The molecule has 0 spiro atoms. The van der Waals surface area contributed by atoms with Crippen LogP contribution in [-0.2, 0) is 0 Å².